The highest BCUT2D eigenvalue weighted by molar-refractivity contribution is 5.57. The number of methoxy groups -OCH3 is 1. The van der Waals surface area contributed by atoms with Crippen LogP contribution in [0.1, 0.15) is 30.5 Å². The molecule has 0 aliphatic carbocycles. The van der Waals surface area contributed by atoms with Gasteiger partial charge in [-0.1, -0.05) is 11.6 Å². The Balaban J connectivity index is 1.87. The molecule has 0 aromatic heterocycles. The fourth-order valence-electron chi connectivity index (χ4n) is 3.65. The van der Waals surface area contributed by atoms with E-state index in [1.54, 1.807) is 19.2 Å². The second-order valence-electron chi connectivity index (χ2n) is 7.22. The van der Waals surface area contributed by atoms with Crippen LogP contribution < -0.4 is 14.2 Å². The molecule has 2 aromatic rings. The van der Waals surface area contributed by atoms with E-state index in [1.807, 2.05) is 19.9 Å². The molecule has 3 N–H and O–H groups in total. The van der Waals surface area contributed by atoms with Gasteiger partial charge in [-0.15, -0.1) is 0 Å². The summed E-state index contributed by atoms with van der Waals surface area (Å²) in [6, 6.07) is 7.78. The summed E-state index contributed by atoms with van der Waals surface area (Å²) in [4.78, 5) is 0. The molecule has 0 saturated carbocycles. The van der Waals surface area contributed by atoms with E-state index in [0.717, 1.165) is 11.1 Å². The van der Waals surface area contributed by atoms with Crippen LogP contribution in [0.3, 0.4) is 0 Å². The van der Waals surface area contributed by atoms with Gasteiger partial charge in [0.1, 0.15) is 29.6 Å². The van der Waals surface area contributed by atoms with Crippen LogP contribution in [0.15, 0.2) is 42.0 Å². The summed E-state index contributed by atoms with van der Waals surface area (Å²) < 4.78 is 17.0. The molecule has 2 heterocycles. The molecule has 2 aliphatic heterocycles. The number of allylic oxidation sites excluding steroid dienone is 2. The van der Waals surface area contributed by atoms with Crippen LogP contribution in [-0.2, 0) is 17.8 Å². The van der Waals surface area contributed by atoms with Gasteiger partial charge in [-0.3, -0.25) is 0 Å². The minimum absolute atomic E-state index is 0.0142. The Morgan fingerprint density at radius 2 is 1.93 bits per heavy atom. The Kier molecular flexibility index (Phi) is 3.87. The van der Waals surface area contributed by atoms with Crippen LogP contribution in [0, 0.1) is 0 Å². The van der Waals surface area contributed by atoms with Gasteiger partial charge in [-0.05, 0) is 44.0 Å². The van der Waals surface area contributed by atoms with Crippen molar-refractivity contribution in [3.63, 3.8) is 0 Å². The van der Waals surface area contributed by atoms with Gasteiger partial charge < -0.3 is 29.5 Å². The predicted octanol–water partition coefficient (Wildman–Crippen LogP) is 2.73. The number of aromatic hydroxyl groups is 1. The number of phenolic OH excluding ortho intramolecular Hbond substituents is 1. The summed E-state index contributed by atoms with van der Waals surface area (Å²) in [6.45, 7) is 3.82. The summed E-state index contributed by atoms with van der Waals surface area (Å²) in [7, 11) is 1.58. The van der Waals surface area contributed by atoms with Crippen molar-refractivity contribution >= 4 is 0 Å². The minimum Gasteiger partial charge on any atom is -0.508 e. The first-order valence-electron chi connectivity index (χ1n) is 8.73. The van der Waals surface area contributed by atoms with E-state index in [2.05, 4.69) is 0 Å². The van der Waals surface area contributed by atoms with Crippen LogP contribution in [0.5, 0.6) is 23.0 Å². The van der Waals surface area contributed by atoms with Gasteiger partial charge in [0.25, 0.3) is 5.79 Å². The second-order valence-corrected chi connectivity index (χ2v) is 7.22. The minimum atomic E-state index is -2.03. The first-order valence-corrected chi connectivity index (χ1v) is 8.73. The molecule has 27 heavy (non-hydrogen) atoms. The van der Waals surface area contributed by atoms with E-state index in [1.165, 1.54) is 18.2 Å². The Morgan fingerprint density at radius 3 is 2.63 bits per heavy atom. The summed E-state index contributed by atoms with van der Waals surface area (Å²) in [5.74, 6) is -0.800. The Morgan fingerprint density at radius 1 is 1.15 bits per heavy atom. The molecule has 2 aromatic carbocycles. The number of fused-ring (bicyclic) bond motifs is 5. The van der Waals surface area contributed by atoms with Crippen LogP contribution in [-0.4, -0.2) is 29.0 Å². The van der Waals surface area contributed by atoms with Crippen LogP contribution >= 0.6 is 0 Å². The van der Waals surface area contributed by atoms with Crippen LogP contribution in [0.2, 0.25) is 0 Å². The molecule has 2 atom stereocenters. The molecule has 6 heteroatoms. The Bertz CT molecular complexity index is 946. The molecule has 0 radical (unpaired) electrons. The Labute approximate surface area is 157 Å². The first-order chi connectivity index (χ1) is 12.8. The number of ether oxygens (including phenoxy) is 3. The third-order valence-electron chi connectivity index (χ3n) is 5.14. The lowest BCUT2D eigenvalue weighted by atomic mass is 9.81. The summed E-state index contributed by atoms with van der Waals surface area (Å²) in [6.07, 6.45) is 2.65. The normalized spacial score (nSPS) is 24.8. The topological polar surface area (TPSA) is 88.4 Å². The molecule has 0 saturated heterocycles. The number of benzene rings is 2. The number of aliphatic hydroxyl groups is 2. The third kappa shape index (κ3) is 2.48. The molecule has 142 valence electrons. The van der Waals surface area contributed by atoms with Gasteiger partial charge in [0.2, 0.25) is 0 Å². The van der Waals surface area contributed by atoms with Gasteiger partial charge in [0.05, 0.1) is 12.7 Å². The van der Waals surface area contributed by atoms with Crippen molar-refractivity contribution in [3.8, 4) is 23.0 Å². The van der Waals surface area contributed by atoms with E-state index in [0.29, 0.717) is 29.0 Å². The van der Waals surface area contributed by atoms with E-state index in [-0.39, 0.29) is 18.1 Å². The standard InChI is InChI=1S/C21H22O6/c1-12(2)4-5-13-8-16-18(10-17(13)25-3)26-11-20(23)15-7-6-14(22)9-19(15)27-21(16,20)24/h4,6-10,22-24H,5,11H2,1-3H3. The highest BCUT2D eigenvalue weighted by Gasteiger charge is 2.64. The van der Waals surface area contributed by atoms with Crippen molar-refractivity contribution in [1.82, 2.24) is 0 Å². The van der Waals surface area contributed by atoms with Crippen molar-refractivity contribution in [2.45, 2.75) is 31.7 Å². The highest BCUT2D eigenvalue weighted by Crippen LogP contribution is 2.57. The summed E-state index contributed by atoms with van der Waals surface area (Å²) in [5, 5.41) is 32.4. The zero-order valence-electron chi connectivity index (χ0n) is 15.4. The lowest BCUT2D eigenvalue weighted by Crippen LogP contribution is -2.55. The van der Waals surface area contributed by atoms with Gasteiger partial charge in [-0.25, -0.2) is 0 Å². The third-order valence-corrected chi connectivity index (χ3v) is 5.14. The largest absolute Gasteiger partial charge is 0.508 e. The summed E-state index contributed by atoms with van der Waals surface area (Å²) in [5.41, 5.74) is 0.896. The quantitative estimate of drug-likeness (QED) is 0.720. The van der Waals surface area contributed by atoms with Crippen LogP contribution in [0.4, 0.5) is 0 Å². The van der Waals surface area contributed by atoms with Crippen molar-refractivity contribution in [2.24, 2.45) is 0 Å². The predicted molar refractivity (Wildman–Crippen MR) is 98.2 cm³/mol. The maximum absolute atomic E-state index is 11.4. The highest BCUT2D eigenvalue weighted by atomic mass is 16.7. The zero-order valence-corrected chi connectivity index (χ0v) is 15.4. The molecule has 6 nitrogen and oxygen atoms in total. The molecule has 2 unspecified atom stereocenters. The average Bonchev–Trinajstić information content (AvgIpc) is 2.86. The summed E-state index contributed by atoms with van der Waals surface area (Å²) >= 11 is 0. The zero-order chi connectivity index (χ0) is 19.4. The maximum atomic E-state index is 11.4. The van der Waals surface area contributed by atoms with Crippen molar-refractivity contribution < 1.29 is 29.5 Å². The van der Waals surface area contributed by atoms with Crippen molar-refractivity contribution in [1.29, 1.82) is 0 Å². The smallest absolute Gasteiger partial charge is 0.275 e. The lowest BCUT2D eigenvalue weighted by Gasteiger charge is -2.41. The number of hydrogen-bond acceptors (Lipinski definition) is 6. The van der Waals surface area contributed by atoms with Gasteiger partial charge >= 0.3 is 0 Å². The number of hydrogen-bond donors (Lipinski definition) is 3. The van der Waals surface area contributed by atoms with Gasteiger partial charge in [-0.2, -0.15) is 0 Å². The molecule has 4 rings (SSSR count). The van der Waals surface area contributed by atoms with E-state index in [4.69, 9.17) is 14.2 Å². The maximum Gasteiger partial charge on any atom is 0.275 e. The van der Waals surface area contributed by atoms with Gasteiger partial charge in [0.15, 0.2) is 5.60 Å². The molecular weight excluding hydrogens is 348 g/mol. The van der Waals surface area contributed by atoms with E-state index in [9.17, 15) is 15.3 Å². The molecular formula is C21H22O6. The molecule has 2 aliphatic rings. The van der Waals surface area contributed by atoms with Crippen molar-refractivity contribution in [3.05, 3.63) is 58.7 Å². The fourth-order valence-corrected chi connectivity index (χ4v) is 3.65. The Hall–Kier alpha value is -2.70. The monoisotopic (exact) mass is 370 g/mol. The SMILES string of the molecule is COc1cc2c(cc1CC=C(C)C)C1(O)Oc3cc(O)ccc3C1(O)CO2. The fraction of sp³-hybridized carbons (Fsp3) is 0.333. The lowest BCUT2D eigenvalue weighted by molar-refractivity contribution is -0.272. The van der Waals surface area contributed by atoms with Crippen LogP contribution in [0.25, 0.3) is 0 Å². The average molecular weight is 370 g/mol. The second kappa shape index (κ2) is 5.90. The molecule has 0 amide bonds. The first kappa shape index (κ1) is 17.7. The molecule has 0 fully saturated rings. The number of rotatable bonds is 3. The van der Waals surface area contributed by atoms with E-state index < -0.39 is 11.4 Å². The molecule has 0 bridgehead atoms. The van der Waals surface area contributed by atoms with E-state index >= 15 is 0 Å². The molecule has 0 spiro atoms. The number of phenols is 1. The van der Waals surface area contributed by atoms with Gasteiger partial charge in [0, 0.05) is 17.7 Å². The van der Waals surface area contributed by atoms with Crippen molar-refractivity contribution in [2.75, 3.05) is 13.7 Å².